The number of hydrogen-bond acceptors (Lipinski definition) is 7. The number of cyclic esters (lactones) is 1. The molecule has 8 heteroatoms. The third-order valence-electron chi connectivity index (χ3n) is 9.61. The van der Waals surface area contributed by atoms with E-state index in [-0.39, 0.29) is 41.5 Å². The molecule has 0 radical (unpaired) electrons. The lowest BCUT2D eigenvalue weighted by Crippen LogP contribution is -2.70. The van der Waals surface area contributed by atoms with E-state index in [0.717, 1.165) is 24.0 Å². The molecule has 4 aliphatic heterocycles. The summed E-state index contributed by atoms with van der Waals surface area (Å²) in [5.74, 6) is 0.163. The van der Waals surface area contributed by atoms with Gasteiger partial charge in [-0.1, -0.05) is 20.8 Å². The number of carbonyl (C=O) groups is 2. The number of fused-ring (bicyclic) bond motifs is 4. The fourth-order valence-electron chi connectivity index (χ4n) is 8.14. The van der Waals surface area contributed by atoms with Crippen molar-refractivity contribution < 1.29 is 33.3 Å². The van der Waals surface area contributed by atoms with Crippen molar-refractivity contribution in [2.24, 2.45) is 17.3 Å². The summed E-state index contributed by atoms with van der Waals surface area (Å²) in [7, 11) is 0. The molecule has 7 aliphatic rings. The molecule has 0 bridgehead atoms. The average Bonchev–Trinajstić information content (AvgIpc) is 3.61. The summed E-state index contributed by atoms with van der Waals surface area (Å²) >= 11 is 0. The molecule has 1 N–H and O–H groups in total. The molecule has 8 nitrogen and oxygen atoms in total. The van der Waals surface area contributed by atoms with Crippen LogP contribution in [0.5, 0.6) is 0 Å². The van der Waals surface area contributed by atoms with Crippen molar-refractivity contribution in [1.29, 1.82) is 0 Å². The molecule has 3 aliphatic carbocycles. The first-order valence-corrected chi connectivity index (χ1v) is 11.6. The molecule has 0 aromatic heterocycles. The van der Waals surface area contributed by atoms with Gasteiger partial charge in [-0.2, -0.15) is 0 Å². The van der Waals surface area contributed by atoms with Gasteiger partial charge in [-0.05, 0) is 43.6 Å². The summed E-state index contributed by atoms with van der Waals surface area (Å²) in [6, 6.07) is 0. The zero-order valence-electron chi connectivity index (χ0n) is 18.4. The molecule has 0 aromatic carbocycles. The molecule has 4 heterocycles. The van der Waals surface area contributed by atoms with E-state index in [0.29, 0.717) is 19.6 Å². The van der Waals surface area contributed by atoms with Crippen molar-refractivity contribution in [2.75, 3.05) is 13.2 Å². The van der Waals surface area contributed by atoms with Gasteiger partial charge in [-0.3, -0.25) is 0 Å². The minimum atomic E-state index is -0.688. The van der Waals surface area contributed by atoms with Gasteiger partial charge in [-0.25, -0.2) is 9.59 Å². The van der Waals surface area contributed by atoms with E-state index in [9.17, 15) is 9.59 Å². The highest BCUT2D eigenvalue weighted by molar-refractivity contribution is 5.92. The standard InChI is InChI=1S/C23H29NO7/c1-5-24-19(26)28-18-21(10(2)3)15(30-21)16-23(31-16)20(4)7-6-11-12(9-27-17(11)25)13(20)8-14-22(18,23)29-14/h10,13-16,18H,5-9H2,1-4H3,(H,24,26)/t13-,14-,15-,16-,18+,20-,21-,22+,23+/m0/s1. The Morgan fingerprint density at radius 1 is 1.26 bits per heavy atom. The van der Waals surface area contributed by atoms with Crippen LogP contribution in [0.4, 0.5) is 4.79 Å². The highest BCUT2D eigenvalue weighted by atomic mass is 16.8. The van der Waals surface area contributed by atoms with Crippen molar-refractivity contribution in [3.05, 3.63) is 11.1 Å². The first kappa shape index (κ1) is 18.9. The predicted molar refractivity (Wildman–Crippen MR) is 105 cm³/mol. The van der Waals surface area contributed by atoms with Gasteiger partial charge in [0, 0.05) is 17.5 Å². The van der Waals surface area contributed by atoms with E-state index in [1.165, 1.54) is 0 Å². The van der Waals surface area contributed by atoms with E-state index in [1.807, 2.05) is 6.92 Å². The van der Waals surface area contributed by atoms with E-state index in [4.69, 9.17) is 23.7 Å². The molecule has 7 rings (SSSR count). The smallest absolute Gasteiger partial charge is 0.407 e. The van der Waals surface area contributed by atoms with Gasteiger partial charge < -0.3 is 29.0 Å². The van der Waals surface area contributed by atoms with Crippen LogP contribution in [-0.2, 0) is 28.5 Å². The van der Waals surface area contributed by atoms with Crippen LogP contribution in [0.3, 0.4) is 0 Å². The summed E-state index contributed by atoms with van der Waals surface area (Å²) in [5.41, 5.74) is -0.0601. The zero-order chi connectivity index (χ0) is 21.6. The number of amides is 1. The van der Waals surface area contributed by atoms with Crippen LogP contribution in [0.1, 0.15) is 47.0 Å². The molecule has 0 aromatic rings. The third kappa shape index (κ3) is 1.78. The molecule has 2 spiro atoms. The second-order valence-electron chi connectivity index (χ2n) is 10.8. The van der Waals surface area contributed by atoms with Crippen LogP contribution in [-0.4, -0.2) is 66.4 Å². The van der Waals surface area contributed by atoms with Crippen molar-refractivity contribution >= 4 is 12.1 Å². The van der Waals surface area contributed by atoms with Crippen molar-refractivity contribution in [1.82, 2.24) is 5.32 Å². The van der Waals surface area contributed by atoms with Crippen molar-refractivity contribution in [3.8, 4) is 0 Å². The Kier molecular flexibility index (Phi) is 3.22. The molecule has 168 valence electrons. The SMILES string of the molecule is CCNC(=O)O[C@@H]1[C@@]2(C(C)C)O[C@H]2[C@@H]2O[C@]23[C@]12O[C@H]2C[C@H]1C2=C(CC[C@@]13C)C(=O)OC2. The molecule has 31 heavy (non-hydrogen) atoms. The number of hydrogen-bond donors (Lipinski definition) is 1. The van der Waals surface area contributed by atoms with E-state index >= 15 is 0 Å². The highest BCUT2D eigenvalue weighted by Gasteiger charge is 3.01. The lowest BCUT2D eigenvalue weighted by atomic mass is 9.46. The number of nitrogens with one attached hydrogen (secondary N) is 1. The van der Waals surface area contributed by atoms with Crippen LogP contribution in [0, 0.1) is 17.3 Å². The summed E-state index contributed by atoms with van der Waals surface area (Å²) < 4.78 is 31.1. The van der Waals surface area contributed by atoms with Crippen LogP contribution in [0.15, 0.2) is 11.1 Å². The molecule has 3 saturated heterocycles. The minimum absolute atomic E-state index is 0.0676. The molecule has 2 saturated carbocycles. The molecule has 0 unspecified atom stereocenters. The maximum atomic E-state index is 12.6. The van der Waals surface area contributed by atoms with Gasteiger partial charge in [0.2, 0.25) is 0 Å². The zero-order valence-corrected chi connectivity index (χ0v) is 18.4. The maximum absolute atomic E-state index is 12.6. The molecule has 9 atom stereocenters. The Bertz CT molecular complexity index is 962. The Morgan fingerprint density at radius 2 is 2.06 bits per heavy atom. The Morgan fingerprint density at radius 3 is 2.81 bits per heavy atom. The number of epoxide rings is 3. The highest BCUT2D eigenvalue weighted by Crippen LogP contribution is 2.83. The van der Waals surface area contributed by atoms with Gasteiger partial charge >= 0.3 is 12.1 Å². The fourth-order valence-corrected chi connectivity index (χ4v) is 8.14. The summed E-state index contributed by atoms with van der Waals surface area (Å²) in [6.45, 7) is 9.25. The normalized spacial score (nSPS) is 54.5. The van der Waals surface area contributed by atoms with Gasteiger partial charge in [-0.15, -0.1) is 0 Å². The van der Waals surface area contributed by atoms with E-state index in [2.05, 4.69) is 26.1 Å². The van der Waals surface area contributed by atoms with Crippen LogP contribution in [0.25, 0.3) is 0 Å². The lowest BCUT2D eigenvalue weighted by Gasteiger charge is -2.53. The minimum Gasteiger partial charge on any atom is -0.458 e. The van der Waals surface area contributed by atoms with Crippen LogP contribution < -0.4 is 5.32 Å². The summed E-state index contributed by atoms with van der Waals surface area (Å²) in [5, 5.41) is 2.77. The number of esters is 1. The number of alkyl carbamates (subject to hydrolysis) is 1. The van der Waals surface area contributed by atoms with Gasteiger partial charge in [0.05, 0.1) is 6.10 Å². The monoisotopic (exact) mass is 431 g/mol. The largest absolute Gasteiger partial charge is 0.458 e. The van der Waals surface area contributed by atoms with Gasteiger partial charge in [0.15, 0.2) is 11.7 Å². The van der Waals surface area contributed by atoms with E-state index < -0.39 is 29.0 Å². The molecule has 5 fully saturated rings. The summed E-state index contributed by atoms with van der Waals surface area (Å²) in [6.07, 6.45) is 1.11. The van der Waals surface area contributed by atoms with Gasteiger partial charge in [0.1, 0.15) is 30.0 Å². The number of rotatable bonds is 3. The van der Waals surface area contributed by atoms with Gasteiger partial charge in [0.25, 0.3) is 0 Å². The van der Waals surface area contributed by atoms with Crippen molar-refractivity contribution in [2.45, 2.75) is 88.2 Å². The quantitative estimate of drug-likeness (QED) is 0.537. The second-order valence-corrected chi connectivity index (χ2v) is 10.8. The first-order valence-electron chi connectivity index (χ1n) is 11.6. The van der Waals surface area contributed by atoms with Crippen LogP contribution in [0.2, 0.25) is 0 Å². The first-order chi connectivity index (χ1) is 14.8. The number of carbonyl (C=O) groups excluding carboxylic acids is 2. The van der Waals surface area contributed by atoms with Crippen molar-refractivity contribution in [3.63, 3.8) is 0 Å². The third-order valence-corrected chi connectivity index (χ3v) is 9.61. The predicted octanol–water partition coefficient (Wildman–Crippen LogP) is 1.86. The number of ether oxygens (including phenoxy) is 5. The maximum Gasteiger partial charge on any atom is 0.407 e. The average molecular weight is 431 g/mol. The van der Waals surface area contributed by atoms with Crippen LogP contribution >= 0.6 is 0 Å². The molecular weight excluding hydrogens is 402 g/mol. The van der Waals surface area contributed by atoms with E-state index in [1.54, 1.807) is 0 Å². The fraction of sp³-hybridized carbons (Fsp3) is 0.826. The molecular formula is C23H29NO7. The Hall–Kier alpha value is -1.64. The topological polar surface area (TPSA) is 102 Å². The molecule has 1 amide bonds. The lowest BCUT2D eigenvalue weighted by molar-refractivity contribution is -0.136. The Labute approximate surface area is 180 Å². The Balaban J connectivity index is 1.34. The summed E-state index contributed by atoms with van der Waals surface area (Å²) in [4.78, 5) is 24.8. The second kappa shape index (κ2) is 5.29.